The zero-order chi connectivity index (χ0) is 34.4. The van der Waals surface area contributed by atoms with Crippen LogP contribution in [-0.4, -0.2) is 18.4 Å². The van der Waals surface area contributed by atoms with Crippen LogP contribution in [0.5, 0.6) is 0 Å². The van der Waals surface area contributed by atoms with E-state index >= 15 is 0 Å². The third-order valence-corrected chi connectivity index (χ3v) is 9.91. The molecule has 0 aliphatic heterocycles. The van der Waals surface area contributed by atoms with Crippen LogP contribution >= 0.6 is 0 Å². The second-order valence-corrected chi connectivity index (χ2v) is 12.7. The van der Waals surface area contributed by atoms with Crippen molar-refractivity contribution in [3.8, 4) is 44.5 Å². The van der Waals surface area contributed by atoms with E-state index in [4.69, 9.17) is 0 Å². The van der Waals surface area contributed by atoms with Gasteiger partial charge in [0.2, 0.25) is 0 Å². The van der Waals surface area contributed by atoms with Gasteiger partial charge in [-0.15, -0.1) is 0 Å². The van der Waals surface area contributed by atoms with Gasteiger partial charge < -0.3 is 0 Å². The van der Waals surface area contributed by atoms with Crippen molar-refractivity contribution in [3.05, 3.63) is 162 Å². The van der Waals surface area contributed by atoms with Crippen LogP contribution < -0.4 is 0 Å². The second kappa shape index (κ2) is 12.5. The minimum atomic E-state index is 0.116. The molecule has 0 atom stereocenters. The molecule has 8 aromatic rings. The Morgan fingerprint density at radius 3 is 1.10 bits per heavy atom. The van der Waals surface area contributed by atoms with Gasteiger partial charge in [0.25, 0.3) is 0 Å². The van der Waals surface area contributed by atoms with E-state index in [0.717, 1.165) is 95.0 Å². The molecule has 0 N–H and O–H groups in total. The summed E-state index contributed by atoms with van der Waals surface area (Å²) in [7, 11) is 0. The van der Waals surface area contributed by atoms with Crippen LogP contribution in [0.15, 0.2) is 140 Å². The maximum Gasteiger partial charge on any atom is 0.162 e. The molecule has 8 rings (SSSR count). The van der Waals surface area contributed by atoms with Gasteiger partial charge in [0, 0.05) is 23.1 Å². The Labute approximate surface area is 290 Å². The standard InChI is InChI=1S/C47H32O3/c1-3-29-5-11-32(12-6-29)41-25-42(33-13-7-30(27-48)8-14-33)38-23-24-40-44(35-17-19-36(20-18-35)45(50)4-2)26-43(34-15-9-31(28-49)10-16-34)39-22-21-37(41)46(38)47(39)40/h3,5-28H,1,4H2,2H3. The minimum Gasteiger partial charge on any atom is -0.298 e. The van der Waals surface area contributed by atoms with Gasteiger partial charge in [0.1, 0.15) is 12.6 Å². The number of carbonyl (C=O) groups excluding carboxylic acids is 3. The molecule has 0 bridgehead atoms. The largest absolute Gasteiger partial charge is 0.298 e. The van der Waals surface area contributed by atoms with Crippen molar-refractivity contribution < 1.29 is 14.4 Å². The first-order valence-corrected chi connectivity index (χ1v) is 16.8. The van der Waals surface area contributed by atoms with E-state index in [1.54, 1.807) is 0 Å². The molecule has 0 aliphatic rings. The minimum absolute atomic E-state index is 0.116. The lowest BCUT2D eigenvalue weighted by Gasteiger charge is -2.21. The fourth-order valence-electron chi connectivity index (χ4n) is 7.27. The molecular weight excluding hydrogens is 613 g/mol. The van der Waals surface area contributed by atoms with Gasteiger partial charge in [0.05, 0.1) is 0 Å². The fourth-order valence-corrected chi connectivity index (χ4v) is 7.27. The molecule has 0 aromatic heterocycles. The summed E-state index contributed by atoms with van der Waals surface area (Å²) in [5, 5.41) is 6.79. The van der Waals surface area contributed by atoms with Crippen LogP contribution in [0.2, 0.25) is 0 Å². The SMILES string of the molecule is C=Cc1ccc(-c2cc(-c3ccc(C=O)cc3)c3ccc4c(-c5ccc(C(=O)CC)cc5)cc(-c5ccc(C=O)cc5)c5ccc2c3c54)cc1. The fraction of sp³-hybridized carbons (Fsp3) is 0.0426. The maximum absolute atomic E-state index is 12.5. The highest BCUT2D eigenvalue weighted by Crippen LogP contribution is 2.48. The van der Waals surface area contributed by atoms with Crippen LogP contribution in [0.25, 0.3) is 82.9 Å². The normalized spacial score (nSPS) is 11.3. The molecule has 3 heteroatoms. The van der Waals surface area contributed by atoms with Gasteiger partial charge in [-0.2, -0.15) is 0 Å². The summed E-state index contributed by atoms with van der Waals surface area (Å²) in [6.45, 7) is 5.82. The summed E-state index contributed by atoms with van der Waals surface area (Å²) in [5.74, 6) is 0.116. The van der Waals surface area contributed by atoms with Gasteiger partial charge in [-0.25, -0.2) is 0 Å². The molecule has 3 nitrogen and oxygen atoms in total. The van der Waals surface area contributed by atoms with Crippen molar-refractivity contribution in [2.75, 3.05) is 0 Å². The molecule has 0 amide bonds. The first kappa shape index (κ1) is 30.9. The molecule has 0 saturated carbocycles. The smallest absolute Gasteiger partial charge is 0.162 e. The Morgan fingerprint density at radius 2 is 0.800 bits per heavy atom. The van der Waals surface area contributed by atoms with Crippen molar-refractivity contribution in [2.45, 2.75) is 13.3 Å². The lowest BCUT2D eigenvalue weighted by atomic mass is 9.81. The Bertz CT molecular complexity index is 2520. The first-order chi connectivity index (χ1) is 24.5. The van der Waals surface area contributed by atoms with Crippen LogP contribution in [0.4, 0.5) is 0 Å². The Morgan fingerprint density at radius 1 is 0.480 bits per heavy atom. The molecule has 0 heterocycles. The number of benzene rings is 8. The third-order valence-electron chi connectivity index (χ3n) is 9.91. The van der Waals surface area contributed by atoms with Gasteiger partial charge >= 0.3 is 0 Å². The third kappa shape index (κ3) is 5.12. The Hall–Kier alpha value is -6.45. The number of hydrogen-bond acceptors (Lipinski definition) is 3. The summed E-state index contributed by atoms with van der Waals surface area (Å²) in [6.07, 6.45) is 4.04. The molecule has 0 saturated heterocycles. The lowest BCUT2D eigenvalue weighted by molar-refractivity contribution is 0.0987. The zero-order valence-corrected chi connectivity index (χ0v) is 27.6. The highest BCUT2D eigenvalue weighted by atomic mass is 16.1. The van der Waals surface area contributed by atoms with Crippen molar-refractivity contribution in [1.29, 1.82) is 0 Å². The van der Waals surface area contributed by atoms with Crippen LogP contribution in [0.1, 0.15) is 50.0 Å². The van der Waals surface area contributed by atoms with Crippen molar-refractivity contribution in [3.63, 3.8) is 0 Å². The molecule has 0 aliphatic carbocycles. The Kier molecular flexibility index (Phi) is 7.74. The maximum atomic E-state index is 12.5. The van der Waals surface area contributed by atoms with Gasteiger partial charge in [-0.3, -0.25) is 14.4 Å². The molecule has 238 valence electrons. The quantitative estimate of drug-likeness (QED) is 0.0892. The van der Waals surface area contributed by atoms with E-state index in [1.165, 1.54) is 0 Å². The predicted molar refractivity (Wildman–Crippen MR) is 207 cm³/mol. The van der Waals surface area contributed by atoms with Crippen molar-refractivity contribution in [2.24, 2.45) is 0 Å². The highest BCUT2D eigenvalue weighted by molar-refractivity contribution is 6.32. The first-order valence-electron chi connectivity index (χ1n) is 16.8. The summed E-state index contributed by atoms with van der Waals surface area (Å²) in [5.41, 5.74) is 11.5. The van der Waals surface area contributed by atoms with E-state index in [0.29, 0.717) is 23.1 Å². The van der Waals surface area contributed by atoms with Gasteiger partial charge in [-0.05, 0) is 94.5 Å². The molecule has 8 aromatic carbocycles. The van der Waals surface area contributed by atoms with Crippen LogP contribution in [0, 0.1) is 0 Å². The molecule has 50 heavy (non-hydrogen) atoms. The number of ketones is 1. The summed E-state index contributed by atoms with van der Waals surface area (Å²) < 4.78 is 0. The van der Waals surface area contributed by atoms with Crippen molar-refractivity contribution >= 4 is 56.7 Å². The summed E-state index contributed by atoms with van der Waals surface area (Å²) in [6, 6.07) is 45.3. The lowest BCUT2D eigenvalue weighted by Crippen LogP contribution is -1.96. The average molecular weight is 645 g/mol. The zero-order valence-electron chi connectivity index (χ0n) is 27.6. The van der Waals surface area contributed by atoms with E-state index in [1.807, 2.05) is 85.8 Å². The molecular formula is C47H32O3. The van der Waals surface area contributed by atoms with E-state index in [-0.39, 0.29) is 5.78 Å². The topological polar surface area (TPSA) is 51.2 Å². The van der Waals surface area contributed by atoms with Crippen LogP contribution in [-0.2, 0) is 0 Å². The highest BCUT2D eigenvalue weighted by Gasteiger charge is 2.21. The molecule has 0 fully saturated rings. The van der Waals surface area contributed by atoms with E-state index < -0.39 is 0 Å². The second-order valence-electron chi connectivity index (χ2n) is 12.7. The van der Waals surface area contributed by atoms with E-state index in [2.05, 4.69) is 67.2 Å². The molecule has 0 spiro atoms. The summed E-state index contributed by atoms with van der Waals surface area (Å²) in [4.78, 5) is 35.6. The van der Waals surface area contributed by atoms with E-state index in [9.17, 15) is 14.4 Å². The monoisotopic (exact) mass is 644 g/mol. The molecule has 0 radical (unpaired) electrons. The summed E-state index contributed by atoms with van der Waals surface area (Å²) >= 11 is 0. The van der Waals surface area contributed by atoms with Gasteiger partial charge in [-0.1, -0.05) is 141 Å². The Balaban J connectivity index is 1.50. The molecule has 0 unspecified atom stereocenters. The van der Waals surface area contributed by atoms with Crippen molar-refractivity contribution in [1.82, 2.24) is 0 Å². The number of rotatable bonds is 9. The van der Waals surface area contributed by atoms with Gasteiger partial charge in [0.15, 0.2) is 5.78 Å². The predicted octanol–water partition coefficient (Wildman–Crippen LogP) is 12.1. The average Bonchev–Trinajstić information content (AvgIpc) is 3.19. The number of aldehydes is 2. The number of Topliss-reactive ketones (excluding diaryl/α,β-unsaturated/α-hetero) is 1. The van der Waals surface area contributed by atoms with Crippen LogP contribution in [0.3, 0.4) is 0 Å². The number of carbonyl (C=O) groups is 3. The number of hydrogen-bond donors (Lipinski definition) is 0.